The zero-order valence-electron chi connectivity index (χ0n) is 11.7. The van der Waals surface area contributed by atoms with Crippen molar-refractivity contribution >= 4 is 11.9 Å². The van der Waals surface area contributed by atoms with E-state index in [-0.39, 0.29) is 17.9 Å². The van der Waals surface area contributed by atoms with Gasteiger partial charge < -0.3 is 14.7 Å². The first kappa shape index (κ1) is 14.3. The standard InChI is InChI=1S/C14H23NO4/c1-3-9-6-11(12(7-9)14(17)18)13(16)15(2)10-4-5-19-8-10/h9-12H,3-8H2,1-2H3,(H,17,18). The molecule has 108 valence electrons. The van der Waals surface area contributed by atoms with Crippen LogP contribution in [-0.4, -0.2) is 48.2 Å². The van der Waals surface area contributed by atoms with Gasteiger partial charge in [0.15, 0.2) is 0 Å². The van der Waals surface area contributed by atoms with E-state index in [1.807, 2.05) is 0 Å². The summed E-state index contributed by atoms with van der Waals surface area (Å²) in [6.45, 7) is 3.32. The molecule has 1 aliphatic heterocycles. The summed E-state index contributed by atoms with van der Waals surface area (Å²) in [7, 11) is 1.78. The van der Waals surface area contributed by atoms with E-state index in [9.17, 15) is 14.7 Å². The minimum Gasteiger partial charge on any atom is -0.481 e. The highest BCUT2D eigenvalue weighted by Crippen LogP contribution is 2.39. The fourth-order valence-corrected chi connectivity index (χ4v) is 3.29. The fourth-order valence-electron chi connectivity index (χ4n) is 3.29. The van der Waals surface area contributed by atoms with Gasteiger partial charge in [0.05, 0.1) is 24.5 Å². The number of ether oxygens (including phenoxy) is 1. The summed E-state index contributed by atoms with van der Waals surface area (Å²) >= 11 is 0. The predicted octanol–water partition coefficient (Wildman–Crippen LogP) is 1.37. The summed E-state index contributed by atoms with van der Waals surface area (Å²) in [5.74, 6) is -1.34. The van der Waals surface area contributed by atoms with Crippen LogP contribution < -0.4 is 0 Å². The maximum Gasteiger partial charge on any atom is 0.307 e. The van der Waals surface area contributed by atoms with Crippen LogP contribution in [-0.2, 0) is 14.3 Å². The number of nitrogens with zero attached hydrogens (tertiary/aromatic N) is 1. The topological polar surface area (TPSA) is 66.8 Å². The maximum atomic E-state index is 12.5. The van der Waals surface area contributed by atoms with Gasteiger partial charge in [-0.3, -0.25) is 9.59 Å². The van der Waals surface area contributed by atoms with E-state index in [2.05, 4.69) is 6.92 Å². The quantitative estimate of drug-likeness (QED) is 0.837. The van der Waals surface area contributed by atoms with Gasteiger partial charge in [0, 0.05) is 13.7 Å². The van der Waals surface area contributed by atoms with Crippen molar-refractivity contribution in [3.05, 3.63) is 0 Å². The van der Waals surface area contributed by atoms with Crippen LogP contribution in [0.3, 0.4) is 0 Å². The van der Waals surface area contributed by atoms with Crippen molar-refractivity contribution in [1.29, 1.82) is 0 Å². The monoisotopic (exact) mass is 269 g/mol. The van der Waals surface area contributed by atoms with Gasteiger partial charge in [0.1, 0.15) is 0 Å². The molecule has 4 atom stereocenters. The van der Waals surface area contributed by atoms with Gasteiger partial charge in [0.25, 0.3) is 0 Å². The Balaban J connectivity index is 2.05. The molecule has 19 heavy (non-hydrogen) atoms. The van der Waals surface area contributed by atoms with Gasteiger partial charge in [0.2, 0.25) is 5.91 Å². The SMILES string of the molecule is CCC1CC(C(=O)O)C(C(=O)N(C)C2CCOC2)C1. The molecular weight excluding hydrogens is 246 g/mol. The summed E-state index contributed by atoms with van der Waals surface area (Å²) in [4.78, 5) is 25.6. The molecule has 1 heterocycles. The van der Waals surface area contributed by atoms with Gasteiger partial charge in [-0.2, -0.15) is 0 Å². The van der Waals surface area contributed by atoms with Crippen LogP contribution in [0.4, 0.5) is 0 Å². The number of carboxylic acids is 1. The van der Waals surface area contributed by atoms with Crippen LogP contribution in [0.1, 0.15) is 32.6 Å². The molecule has 2 fully saturated rings. The van der Waals surface area contributed by atoms with Crippen LogP contribution in [0, 0.1) is 17.8 Å². The molecule has 1 N–H and O–H groups in total. The third-order valence-corrected chi connectivity index (χ3v) is 4.67. The van der Waals surface area contributed by atoms with Crippen LogP contribution in [0.2, 0.25) is 0 Å². The zero-order valence-corrected chi connectivity index (χ0v) is 11.7. The second kappa shape index (κ2) is 5.90. The first-order chi connectivity index (χ1) is 9.04. The van der Waals surface area contributed by atoms with Crippen molar-refractivity contribution < 1.29 is 19.4 Å². The number of hydrogen-bond donors (Lipinski definition) is 1. The van der Waals surface area contributed by atoms with Gasteiger partial charge in [-0.05, 0) is 25.2 Å². The highest BCUT2D eigenvalue weighted by molar-refractivity contribution is 5.85. The van der Waals surface area contributed by atoms with Gasteiger partial charge in [-0.15, -0.1) is 0 Å². The van der Waals surface area contributed by atoms with Gasteiger partial charge in [-0.25, -0.2) is 0 Å². The molecule has 0 aromatic carbocycles. The second-order valence-corrected chi connectivity index (χ2v) is 5.76. The van der Waals surface area contributed by atoms with Crippen LogP contribution in [0.15, 0.2) is 0 Å². The van der Waals surface area contributed by atoms with Gasteiger partial charge >= 0.3 is 5.97 Å². The molecule has 0 spiro atoms. The van der Waals surface area contributed by atoms with Crippen molar-refractivity contribution in [3.8, 4) is 0 Å². The van der Waals surface area contributed by atoms with E-state index in [0.717, 1.165) is 12.8 Å². The van der Waals surface area contributed by atoms with Gasteiger partial charge in [-0.1, -0.05) is 13.3 Å². The lowest BCUT2D eigenvalue weighted by atomic mass is 9.94. The molecule has 0 radical (unpaired) electrons. The van der Waals surface area contributed by atoms with E-state index in [1.165, 1.54) is 0 Å². The molecule has 5 heteroatoms. The Kier molecular flexibility index (Phi) is 4.45. The van der Waals surface area contributed by atoms with E-state index in [0.29, 0.717) is 32.0 Å². The van der Waals surface area contributed by atoms with Crippen molar-refractivity contribution in [2.24, 2.45) is 17.8 Å². The predicted molar refractivity (Wildman–Crippen MR) is 69.6 cm³/mol. The summed E-state index contributed by atoms with van der Waals surface area (Å²) in [6.07, 6.45) is 3.15. The maximum absolute atomic E-state index is 12.5. The Labute approximate surface area is 113 Å². The highest BCUT2D eigenvalue weighted by atomic mass is 16.5. The zero-order chi connectivity index (χ0) is 14.0. The summed E-state index contributed by atoms with van der Waals surface area (Å²) in [5.41, 5.74) is 0. The lowest BCUT2D eigenvalue weighted by Crippen LogP contribution is -2.43. The first-order valence-corrected chi connectivity index (χ1v) is 7.11. The molecule has 1 saturated carbocycles. The smallest absolute Gasteiger partial charge is 0.307 e. The molecule has 0 bridgehead atoms. The summed E-state index contributed by atoms with van der Waals surface area (Å²) < 4.78 is 5.30. The molecule has 2 aliphatic rings. The Morgan fingerprint density at radius 1 is 1.32 bits per heavy atom. The minimum atomic E-state index is -0.828. The first-order valence-electron chi connectivity index (χ1n) is 7.11. The number of likely N-dealkylation sites (N-methyl/N-ethyl adjacent to an activating group) is 1. The molecule has 1 aliphatic carbocycles. The third kappa shape index (κ3) is 2.91. The molecule has 2 rings (SSSR count). The lowest BCUT2D eigenvalue weighted by molar-refractivity contribution is -0.149. The van der Waals surface area contributed by atoms with Crippen LogP contribution >= 0.6 is 0 Å². The molecule has 1 amide bonds. The number of aliphatic carboxylic acids is 1. The largest absolute Gasteiger partial charge is 0.481 e. The molecule has 0 aromatic heterocycles. The van der Waals surface area contributed by atoms with E-state index >= 15 is 0 Å². The number of carbonyl (C=O) groups excluding carboxylic acids is 1. The third-order valence-electron chi connectivity index (χ3n) is 4.67. The average molecular weight is 269 g/mol. The van der Waals surface area contributed by atoms with Crippen LogP contribution in [0.5, 0.6) is 0 Å². The Hall–Kier alpha value is -1.10. The normalized spacial score (nSPS) is 34.4. The minimum absolute atomic E-state index is 0.0150. The van der Waals surface area contributed by atoms with Crippen molar-refractivity contribution in [2.45, 2.75) is 38.6 Å². The average Bonchev–Trinajstić information content (AvgIpc) is 3.05. The number of carbonyl (C=O) groups is 2. The number of hydrogen-bond acceptors (Lipinski definition) is 3. The van der Waals surface area contributed by atoms with E-state index < -0.39 is 11.9 Å². The Morgan fingerprint density at radius 3 is 2.53 bits per heavy atom. The molecular formula is C14H23NO4. The Morgan fingerprint density at radius 2 is 2.00 bits per heavy atom. The second-order valence-electron chi connectivity index (χ2n) is 5.76. The lowest BCUT2D eigenvalue weighted by Gasteiger charge is -2.27. The molecule has 1 saturated heterocycles. The fraction of sp³-hybridized carbons (Fsp3) is 0.857. The highest BCUT2D eigenvalue weighted by Gasteiger charge is 2.44. The summed E-state index contributed by atoms with van der Waals surface area (Å²) in [6, 6.07) is 0.114. The summed E-state index contributed by atoms with van der Waals surface area (Å²) in [5, 5.41) is 9.30. The Bertz CT molecular complexity index is 351. The van der Waals surface area contributed by atoms with Crippen molar-refractivity contribution in [2.75, 3.05) is 20.3 Å². The molecule has 5 nitrogen and oxygen atoms in total. The molecule has 4 unspecified atom stereocenters. The van der Waals surface area contributed by atoms with Crippen molar-refractivity contribution in [3.63, 3.8) is 0 Å². The van der Waals surface area contributed by atoms with Crippen LogP contribution in [0.25, 0.3) is 0 Å². The molecule has 0 aromatic rings. The van der Waals surface area contributed by atoms with E-state index in [1.54, 1.807) is 11.9 Å². The number of amides is 1. The van der Waals surface area contributed by atoms with Crippen molar-refractivity contribution in [1.82, 2.24) is 4.90 Å². The number of rotatable bonds is 4. The van der Waals surface area contributed by atoms with E-state index in [4.69, 9.17) is 4.74 Å². The number of carboxylic acid groups (broad SMARTS) is 1.